The van der Waals surface area contributed by atoms with E-state index in [0.717, 1.165) is 51.4 Å². The number of para-hydroxylation sites is 2. The van der Waals surface area contributed by atoms with Crippen LogP contribution in [0.15, 0.2) is 175 Å². The number of allylic oxidation sites excluding steroid dienone is 5. The highest BCUT2D eigenvalue weighted by molar-refractivity contribution is 6.01. The zero-order valence-corrected chi connectivity index (χ0v) is 25.3. The fourth-order valence-electron chi connectivity index (χ4n) is 6.80. The standard InChI is InChI=1S/C42H34N2O/c1-3-14-30(15-4-2)38(27-24-29-16-6-5-7-17-29)44-41(43)31-25-26-35-33(28-31)32-18-8-9-19-34(32)42(35)36-20-10-12-22-39(36)45-40-23-13-11-21-37(40)42/h3-23,25-28H,1,24H2,2H3,(H2,43,44)/b15-4-,30-14?,38-27-. The Morgan fingerprint density at radius 1 is 0.756 bits per heavy atom. The van der Waals surface area contributed by atoms with E-state index in [1.807, 2.05) is 43.4 Å². The normalized spacial score (nSPS) is 14.8. The molecule has 5 aromatic carbocycles. The van der Waals surface area contributed by atoms with Gasteiger partial charge in [-0.15, -0.1) is 0 Å². The van der Waals surface area contributed by atoms with Crippen molar-refractivity contribution >= 4 is 5.84 Å². The van der Waals surface area contributed by atoms with Gasteiger partial charge in [-0.05, 0) is 64.9 Å². The summed E-state index contributed by atoms with van der Waals surface area (Å²) in [5.41, 5.74) is 17.2. The molecule has 2 N–H and O–H groups in total. The lowest BCUT2D eigenvalue weighted by Crippen LogP contribution is -2.32. The molecule has 1 heterocycles. The topological polar surface area (TPSA) is 47.6 Å². The number of fused-ring (bicyclic) bond motifs is 9. The van der Waals surface area contributed by atoms with Crippen LogP contribution in [0.3, 0.4) is 0 Å². The van der Waals surface area contributed by atoms with Gasteiger partial charge < -0.3 is 10.5 Å². The maximum Gasteiger partial charge on any atom is 0.132 e. The third-order valence-corrected chi connectivity index (χ3v) is 8.70. The second kappa shape index (κ2) is 11.8. The molecule has 0 amide bonds. The summed E-state index contributed by atoms with van der Waals surface area (Å²) in [6, 6.07) is 42.4. The number of rotatable bonds is 7. The molecule has 0 unspecified atom stereocenters. The molecule has 0 fully saturated rings. The van der Waals surface area contributed by atoms with Crippen molar-refractivity contribution < 1.29 is 4.74 Å². The van der Waals surface area contributed by atoms with Crippen molar-refractivity contribution in [2.45, 2.75) is 18.8 Å². The van der Waals surface area contributed by atoms with Crippen LogP contribution in [0.2, 0.25) is 0 Å². The first kappa shape index (κ1) is 28.1. The Morgan fingerprint density at radius 2 is 1.38 bits per heavy atom. The Kier molecular flexibility index (Phi) is 7.36. The highest BCUT2D eigenvalue weighted by Gasteiger charge is 2.50. The first-order valence-corrected chi connectivity index (χ1v) is 15.3. The Balaban J connectivity index is 1.39. The van der Waals surface area contributed by atoms with Crippen LogP contribution in [-0.2, 0) is 11.8 Å². The summed E-state index contributed by atoms with van der Waals surface area (Å²) in [5, 5.41) is 0. The van der Waals surface area contributed by atoms with E-state index in [0.29, 0.717) is 5.84 Å². The summed E-state index contributed by atoms with van der Waals surface area (Å²) in [6.07, 6.45) is 10.7. The minimum absolute atomic E-state index is 0.461. The molecule has 3 heteroatoms. The van der Waals surface area contributed by atoms with Gasteiger partial charge in [-0.2, -0.15) is 0 Å². The highest BCUT2D eigenvalue weighted by atomic mass is 16.5. The molecule has 45 heavy (non-hydrogen) atoms. The molecule has 1 spiro atoms. The summed E-state index contributed by atoms with van der Waals surface area (Å²) in [6.45, 7) is 5.93. The third kappa shape index (κ3) is 4.74. The summed E-state index contributed by atoms with van der Waals surface area (Å²) in [5.74, 6) is 2.22. The van der Waals surface area contributed by atoms with Gasteiger partial charge in [-0.3, -0.25) is 0 Å². The van der Waals surface area contributed by atoms with Crippen molar-refractivity contribution in [1.29, 1.82) is 0 Å². The number of nitrogens with two attached hydrogens (primary N) is 1. The van der Waals surface area contributed by atoms with Crippen LogP contribution in [0.4, 0.5) is 0 Å². The molecule has 2 aliphatic rings. The van der Waals surface area contributed by atoms with Crippen molar-refractivity contribution in [2.24, 2.45) is 10.7 Å². The SMILES string of the molecule is C=CC=C(/C=C\C)/C(=C/Cc1ccccc1)N=C(N)c1ccc2c(c1)-c1ccccc1C21c2ccccc2Oc2ccccc21. The van der Waals surface area contributed by atoms with E-state index < -0.39 is 5.41 Å². The van der Waals surface area contributed by atoms with Crippen molar-refractivity contribution in [2.75, 3.05) is 0 Å². The Labute approximate surface area is 265 Å². The molecule has 0 saturated heterocycles. The maximum absolute atomic E-state index is 6.84. The average Bonchev–Trinajstić information content (AvgIpc) is 3.37. The molecular weight excluding hydrogens is 548 g/mol. The van der Waals surface area contributed by atoms with Crippen LogP contribution in [0.25, 0.3) is 11.1 Å². The second-order valence-corrected chi connectivity index (χ2v) is 11.3. The van der Waals surface area contributed by atoms with Crippen LogP contribution in [-0.4, -0.2) is 5.84 Å². The van der Waals surface area contributed by atoms with Crippen LogP contribution in [0, 0.1) is 0 Å². The van der Waals surface area contributed by atoms with Crippen molar-refractivity contribution in [1.82, 2.24) is 0 Å². The summed E-state index contributed by atoms with van der Waals surface area (Å²) in [7, 11) is 0. The van der Waals surface area contributed by atoms with E-state index in [-0.39, 0.29) is 0 Å². The largest absolute Gasteiger partial charge is 0.457 e. The number of amidine groups is 1. The molecule has 1 aliphatic carbocycles. The van der Waals surface area contributed by atoms with Gasteiger partial charge in [0, 0.05) is 16.7 Å². The number of nitrogens with zero attached hydrogens (tertiary/aromatic N) is 1. The smallest absolute Gasteiger partial charge is 0.132 e. The van der Waals surface area contributed by atoms with Gasteiger partial charge >= 0.3 is 0 Å². The molecule has 0 radical (unpaired) electrons. The van der Waals surface area contributed by atoms with Crippen molar-refractivity contribution in [3.8, 4) is 22.6 Å². The van der Waals surface area contributed by atoms with Crippen LogP contribution < -0.4 is 10.5 Å². The number of hydrogen-bond donors (Lipinski definition) is 1. The number of aliphatic imine (C=N–C) groups is 1. The minimum Gasteiger partial charge on any atom is -0.457 e. The Bertz CT molecular complexity index is 2000. The van der Waals surface area contributed by atoms with Gasteiger partial charge in [0.15, 0.2) is 0 Å². The van der Waals surface area contributed by atoms with E-state index >= 15 is 0 Å². The molecule has 0 saturated carbocycles. The van der Waals surface area contributed by atoms with Gasteiger partial charge in [0.1, 0.15) is 17.3 Å². The van der Waals surface area contributed by atoms with E-state index in [9.17, 15) is 0 Å². The number of ether oxygens (including phenoxy) is 1. The van der Waals surface area contributed by atoms with E-state index in [4.69, 9.17) is 15.5 Å². The van der Waals surface area contributed by atoms with Gasteiger partial charge in [0.2, 0.25) is 0 Å². The molecular formula is C42H34N2O. The lowest BCUT2D eigenvalue weighted by Gasteiger charge is -2.39. The lowest BCUT2D eigenvalue weighted by atomic mass is 9.66. The predicted molar refractivity (Wildman–Crippen MR) is 186 cm³/mol. The highest BCUT2D eigenvalue weighted by Crippen LogP contribution is 2.61. The van der Waals surface area contributed by atoms with E-state index in [2.05, 4.69) is 116 Å². The average molecular weight is 583 g/mol. The van der Waals surface area contributed by atoms with Crippen molar-refractivity contribution in [3.63, 3.8) is 0 Å². The predicted octanol–water partition coefficient (Wildman–Crippen LogP) is 9.68. The number of benzene rings is 5. The van der Waals surface area contributed by atoms with Gasteiger partial charge in [0.05, 0.1) is 11.1 Å². The fraction of sp³-hybridized carbons (Fsp3) is 0.0714. The summed E-state index contributed by atoms with van der Waals surface area (Å²) < 4.78 is 6.45. The van der Waals surface area contributed by atoms with Crippen LogP contribution >= 0.6 is 0 Å². The van der Waals surface area contributed by atoms with Crippen molar-refractivity contribution in [3.05, 3.63) is 203 Å². The fourth-order valence-corrected chi connectivity index (χ4v) is 6.80. The molecule has 218 valence electrons. The molecule has 1 aliphatic heterocycles. The monoisotopic (exact) mass is 582 g/mol. The Morgan fingerprint density at radius 3 is 2.07 bits per heavy atom. The Hall–Kier alpha value is -5.67. The quantitative estimate of drug-likeness (QED) is 0.116. The summed E-state index contributed by atoms with van der Waals surface area (Å²) >= 11 is 0. The molecule has 3 nitrogen and oxygen atoms in total. The molecule has 5 aromatic rings. The minimum atomic E-state index is -0.506. The molecule has 0 aromatic heterocycles. The molecule has 0 atom stereocenters. The molecule has 0 bridgehead atoms. The van der Waals surface area contributed by atoms with E-state index in [1.165, 1.54) is 22.3 Å². The third-order valence-electron chi connectivity index (χ3n) is 8.70. The zero-order valence-electron chi connectivity index (χ0n) is 25.3. The molecule has 7 rings (SSSR count). The first-order chi connectivity index (χ1) is 22.1. The lowest BCUT2D eigenvalue weighted by molar-refractivity contribution is 0.436. The van der Waals surface area contributed by atoms with Gasteiger partial charge in [0.25, 0.3) is 0 Å². The van der Waals surface area contributed by atoms with Crippen LogP contribution in [0.5, 0.6) is 11.5 Å². The van der Waals surface area contributed by atoms with E-state index in [1.54, 1.807) is 6.08 Å². The van der Waals surface area contributed by atoms with Gasteiger partial charge in [-0.1, -0.05) is 140 Å². The van der Waals surface area contributed by atoms with Gasteiger partial charge in [-0.25, -0.2) is 4.99 Å². The second-order valence-electron chi connectivity index (χ2n) is 11.3. The zero-order chi connectivity index (χ0) is 30.8. The van der Waals surface area contributed by atoms with Crippen LogP contribution in [0.1, 0.15) is 40.3 Å². The number of hydrogen-bond acceptors (Lipinski definition) is 2. The maximum atomic E-state index is 6.84. The summed E-state index contributed by atoms with van der Waals surface area (Å²) in [4.78, 5) is 5.02. The first-order valence-electron chi connectivity index (χ1n) is 15.3.